The lowest BCUT2D eigenvalue weighted by Crippen LogP contribution is -2.28. The third-order valence-electron chi connectivity index (χ3n) is 3.39. The first kappa shape index (κ1) is 18.9. The van der Waals surface area contributed by atoms with Gasteiger partial charge in [0.1, 0.15) is 0 Å². The van der Waals surface area contributed by atoms with Crippen LogP contribution in [0, 0.1) is 5.82 Å². The summed E-state index contributed by atoms with van der Waals surface area (Å²) in [5.41, 5.74) is 0.643. The molecular formula is C18H21FN2O3S. The first-order chi connectivity index (χ1) is 12.2. The number of hydrogen-bond donors (Lipinski definition) is 2. The summed E-state index contributed by atoms with van der Waals surface area (Å²) in [6.07, 6.45) is 1.51. The lowest BCUT2D eigenvalue weighted by molar-refractivity contribution is -0.121. The van der Waals surface area contributed by atoms with Gasteiger partial charge in [0.15, 0.2) is 11.6 Å². The van der Waals surface area contributed by atoms with Crippen molar-refractivity contribution in [1.82, 2.24) is 10.6 Å². The van der Waals surface area contributed by atoms with Gasteiger partial charge in [-0.05, 0) is 36.4 Å². The second-order valence-corrected chi connectivity index (χ2v) is 6.13. The third-order valence-corrected chi connectivity index (χ3v) is 4.07. The van der Waals surface area contributed by atoms with Gasteiger partial charge in [0, 0.05) is 30.5 Å². The van der Waals surface area contributed by atoms with Gasteiger partial charge in [0.05, 0.1) is 6.61 Å². The molecule has 0 unspecified atom stereocenters. The zero-order valence-corrected chi connectivity index (χ0v) is 14.6. The predicted molar refractivity (Wildman–Crippen MR) is 95.4 cm³/mol. The monoisotopic (exact) mass is 364 g/mol. The third kappa shape index (κ3) is 6.93. The Morgan fingerprint density at radius 1 is 1.08 bits per heavy atom. The zero-order valence-electron chi connectivity index (χ0n) is 13.8. The van der Waals surface area contributed by atoms with Crippen LogP contribution in [0.25, 0.3) is 0 Å². The molecule has 0 saturated carbocycles. The second-order valence-electron chi connectivity index (χ2n) is 5.35. The van der Waals surface area contributed by atoms with Gasteiger partial charge in [-0.1, -0.05) is 12.1 Å². The van der Waals surface area contributed by atoms with E-state index < -0.39 is 5.82 Å². The van der Waals surface area contributed by atoms with Crippen LogP contribution in [0.3, 0.4) is 0 Å². The molecule has 0 radical (unpaired) electrons. The molecule has 0 aliphatic carbocycles. The van der Waals surface area contributed by atoms with E-state index >= 15 is 0 Å². The molecule has 25 heavy (non-hydrogen) atoms. The molecule has 0 aliphatic rings. The van der Waals surface area contributed by atoms with Crippen molar-refractivity contribution in [3.63, 3.8) is 0 Å². The van der Waals surface area contributed by atoms with Gasteiger partial charge in [-0.3, -0.25) is 9.59 Å². The van der Waals surface area contributed by atoms with Gasteiger partial charge < -0.3 is 15.4 Å². The van der Waals surface area contributed by atoms with Crippen molar-refractivity contribution in [2.75, 3.05) is 19.7 Å². The van der Waals surface area contributed by atoms with Crippen LogP contribution in [0.15, 0.2) is 41.1 Å². The molecule has 0 bridgehead atoms. The minimum absolute atomic E-state index is 0.0735. The Hall–Kier alpha value is -2.41. The van der Waals surface area contributed by atoms with Crippen LogP contribution in [0.5, 0.6) is 5.75 Å². The van der Waals surface area contributed by atoms with Crippen molar-refractivity contribution in [2.45, 2.75) is 19.3 Å². The Kier molecular flexibility index (Phi) is 7.91. The van der Waals surface area contributed by atoms with E-state index in [0.717, 1.165) is 0 Å². The summed E-state index contributed by atoms with van der Waals surface area (Å²) in [4.78, 5) is 23.4. The van der Waals surface area contributed by atoms with Crippen molar-refractivity contribution >= 4 is 23.2 Å². The average Bonchev–Trinajstić information content (AvgIpc) is 3.14. The second kappa shape index (κ2) is 10.5. The van der Waals surface area contributed by atoms with Crippen LogP contribution < -0.4 is 15.4 Å². The molecule has 2 N–H and O–H groups in total. The summed E-state index contributed by atoms with van der Waals surface area (Å²) in [6, 6.07) is 7.98. The molecule has 2 amide bonds. The molecule has 1 heterocycles. The molecular weight excluding hydrogens is 343 g/mol. The van der Waals surface area contributed by atoms with Crippen LogP contribution in [-0.4, -0.2) is 31.5 Å². The Bertz CT molecular complexity index is 677. The normalized spacial score (nSPS) is 10.3. The van der Waals surface area contributed by atoms with Crippen LogP contribution in [0.4, 0.5) is 4.39 Å². The van der Waals surface area contributed by atoms with Gasteiger partial charge in [-0.25, -0.2) is 4.39 Å². The summed E-state index contributed by atoms with van der Waals surface area (Å²) in [7, 11) is 0. The number of carbonyl (C=O) groups is 2. The maximum atomic E-state index is 13.3. The maximum absolute atomic E-state index is 13.3. The van der Waals surface area contributed by atoms with Gasteiger partial charge >= 0.3 is 0 Å². The fourth-order valence-electron chi connectivity index (χ4n) is 2.08. The van der Waals surface area contributed by atoms with Gasteiger partial charge in [-0.15, -0.1) is 0 Å². The van der Waals surface area contributed by atoms with E-state index in [1.54, 1.807) is 29.6 Å². The van der Waals surface area contributed by atoms with Gasteiger partial charge in [0.25, 0.3) is 5.91 Å². The zero-order chi connectivity index (χ0) is 17.9. The molecule has 2 rings (SSSR count). The number of thiophene rings is 1. The summed E-state index contributed by atoms with van der Waals surface area (Å²) in [6.45, 7) is 1.25. The molecule has 7 heteroatoms. The number of benzene rings is 1. The van der Waals surface area contributed by atoms with Gasteiger partial charge in [-0.2, -0.15) is 11.3 Å². The molecule has 0 aliphatic heterocycles. The van der Waals surface area contributed by atoms with Crippen molar-refractivity contribution in [1.29, 1.82) is 0 Å². The molecule has 1 aromatic heterocycles. The molecule has 134 valence electrons. The number of halogens is 1. The first-order valence-electron chi connectivity index (χ1n) is 8.11. The van der Waals surface area contributed by atoms with Crippen molar-refractivity contribution in [3.8, 4) is 5.75 Å². The number of amides is 2. The summed E-state index contributed by atoms with van der Waals surface area (Å²) in [5.74, 6) is -0.367. The van der Waals surface area contributed by atoms with E-state index in [-0.39, 0.29) is 17.6 Å². The van der Waals surface area contributed by atoms with E-state index in [9.17, 15) is 14.0 Å². The van der Waals surface area contributed by atoms with Crippen molar-refractivity contribution in [3.05, 3.63) is 52.5 Å². The molecule has 0 saturated heterocycles. The topological polar surface area (TPSA) is 67.4 Å². The van der Waals surface area contributed by atoms with E-state index in [1.165, 1.54) is 17.4 Å². The van der Waals surface area contributed by atoms with Crippen LogP contribution in [0.1, 0.15) is 29.6 Å². The number of para-hydroxylation sites is 1. The predicted octanol–water partition coefficient (Wildman–Crippen LogP) is 2.98. The Morgan fingerprint density at radius 2 is 1.88 bits per heavy atom. The fourth-order valence-corrected chi connectivity index (χ4v) is 2.71. The van der Waals surface area contributed by atoms with Gasteiger partial charge in [0.2, 0.25) is 5.91 Å². The Labute approximate surface area is 150 Å². The number of hydrogen-bond acceptors (Lipinski definition) is 4. The van der Waals surface area contributed by atoms with E-state index in [2.05, 4.69) is 10.6 Å². The molecule has 1 aromatic carbocycles. The number of carbonyl (C=O) groups excluding carboxylic acids is 2. The summed E-state index contributed by atoms with van der Waals surface area (Å²) < 4.78 is 18.6. The Morgan fingerprint density at radius 3 is 2.64 bits per heavy atom. The molecule has 2 aromatic rings. The summed E-state index contributed by atoms with van der Waals surface area (Å²) in [5, 5.41) is 9.18. The highest BCUT2D eigenvalue weighted by atomic mass is 32.1. The molecule has 5 nitrogen and oxygen atoms in total. The smallest absolute Gasteiger partial charge is 0.252 e. The number of nitrogens with one attached hydrogen (secondary N) is 2. The fraction of sp³-hybridized carbons (Fsp3) is 0.333. The highest BCUT2D eigenvalue weighted by Crippen LogP contribution is 2.15. The van der Waals surface area contributed by atoms with Crippen LogP contribution in [-0.2, 0) is 4.79 Å². The van der Waals surface area contributed by atoms with E-state index in [4.69, 9.17) is 4.74 Å². The SMILES string of the molecule is O=C(CCCNC(=O)c1ccsc1)NCCCOc1ccccc1F. The molecule has 0 fully saturated rings. The quantitative estimate of drug-likeness (QED) is 0.637. The first-order valence-corrected chi connectivity index (χ1v) is 9.05. The Balaban J connectivity index is 1.48. The van der Waals surface area contributed by atoms with Crippen LogP contribution >= 0.6 is 11.3 Å². The molecule has 0 spiro atoms. The lowest BCUT2D eigenvalue weighted by atomic mass is 10.2. The number of rotatable bonds is 10. The van der Waals surface area contributed by atoms with Crippen molar-refractivity contribution in [2.24, 2.45) is 0 Å². The van der Waals surface area contributed by atoms with Crippen LogP contribution in [0.2, 0.25) is 0 Å². The molecule has 0 atom stereocenters. The standard InChI is InChI=1S/C18H21FN2O3S/c19-15-5-1-2-6-16(15)24-11-4-10-20-17(22)7-3-9-21-18(23)14-8-12-25-13-14/h1-2,5-6,8,12-13H,3-4,7,9-11H2,(H,20,22)(H,21,23). The average molecular weight is 364 g/mol. The maximum Gasteiger partial charge on any atom is 0.252 e. The minimum Gasteiger partial charge on any atom is -0.490 e. The minimum atomic E-state index is -0.393. The highest BCUT2D eigenvalue weighted by molar-refractivity contribution is 7.08. The lowest BCUT2D eigenvalue weighted by Gasteiger charge is -2.08. The van der Waals surface area contributed by atoms with E-state index in [0.29, 0.717) is 44.5 Å². The summed E-state index contributed by atoms with van der Waals surface area (Å²) >= 11 is 1.47. The highest BCUT2D eigenvalue weighted by Gasteiger charge is 2.06. The van der Waals surface area contributed by atoms with Crippen molar-refractivity contribution < 1.29 is 18.7 Å². The van der Waals surface area contributed by atoms with E-state index in [1.807, 2.05) is 5.38 Å². The largest absolute Gasteiger partial charge is 0.490 e. The number of ether oxygens (including phenoxy) is 1.